The van der Waals surface area contributed by atoms with Crippen molar-refractivity contribution in [2.24, 2.45) is 0 Å². The van der Waals surface area contributed by atoms with Crippen molar-refractivity contribution in [2.75, 3.05) is 0 Å². The Bertz CT molecular complexity index is 1240. The molecule has 1 aromatic heterocycles. The quantitative estimate of drug-likeness (QED) is 0.600. The molecule has 1 N–H and O–H groups in total. The number of nitrogens with zero attached hydrogens (tertiary/aromatic N) is 2. The smallest absolute Gasteiger partial charge is 0.417 e. The molecule has 0 radical (unpaired) electrons. The predicted octanol–water partition coefficient (Wildman–Crippen LogP) is 5.43. The van der Waals surface area contributed by atoms with Crippen molar-refractivity contribution < 1.29 is 18.3 Å². The van der Waals surface area contributed by atoms with Gasteiger partial charge < -0.3 is 9.67 Å². The number of benzene rings is 2. The van der Waals surface area contributed by atoms with Crippen molar-refractivity contribution >= 4 is 11.6 Å². The molecule has 0 aliphatic heterocycles. The van der Waals surface area contributed by atoms with E-state index in [1.165, 1.54) is 24.3 Å². The van der Waals surface area contributed by atoms with Crippen molar-refractivity contribution in [3.8, 4) is 23.1 Å². The Hall–Kier alpha value is -3.24. The molecule has 0 aliphatic rings. The first-order chi connectivity index (χ1) is 14.0. The van der Waals surface area contributed by atoms with Crippen molar-refractivity contribution in [1.29, 1.82) is 5.26 Å². The number of alkyl halides is 3. The molecule has 2 aromatic carbocycles. The molecule has 1 heterocycles. The van der Waals surface area contributed by atoms with Crippen LogP contribution in [0.2, 0.25) is 5.02 Å². The van der Waals surface area contributed by atoms with Gasteiger partial charge >= 0.3 is 6.18 Å². The van der Waals surface area contributed by atoms with Crippen molar-refractivity contribution in [3.05, 3.63) is 85.7 Å². The van der Waals surface area contributed by atoms with Gasteiger partial charge in [-0.25, -0.2) is 0 Å². The van der Waals surface area contributed by atoms with Gasteiger partial charge in [0.1, 0.15) is 17.4 Å². The number of nitriles is 1. The lowest BCUT2D eigenvalue weighted by atomic mass is 10.0. The normalized spacial score (nSPS) is 11.4. The third kappa shape index (κ3) is 4.05. The Morgan fingerprint density at radius 2 is 1.83 bits per heavy atom. The van der Waals surface area contributed by atoms with Gasteiger partial charge in [0.25, 0.3) is 5.56 Å². The van der Waals surface area contributed by atoms with Crippen LogP contribution in [0.5, 0.6) is 5.75 Å². The number of rotatable bonds is 3. The molecule has 3 aromatic rings. The molecule has 0 atom stereocenters. The second-order valence-electron chi connectivity index (χ2n) is 6.92. The van der Waals surface area contributed by atoms with E-state index in [1.807, 2.05) is 26.0 Å². The van der Waals surface area contributed by atoms with Gasteiger partial charge in [0.2, 0.25) is 0 Å². The van der Waals surface area contributed by atoms with Gasteiger partial charge in [-0.15, -0.1) is 0 Å². The summed E-state index contributed by atoms with van der Waals surface area (Å²) in [4.78, 5) is 13.0. The highest BCUT2D eigenvalue weighted by Gasteiger charge is 2.36. The van der Waals surface area contributed by atoms with Crippen LogP contribution in [0.1, 0.15) is 27.8 Å². The van der Waals surface area contributed by atoms with Gasteiger partial charge in [0, 0.05) is 5.56 Å². The standard InChI is InChI=1S/C22H16ClF3N2O2/c1-12-3-4-15(13(2)7-12)11-28-19(14-5-6-20(29)18(23)8-14)9-17(22(24,25)26)16(10-27)21(28)30/h3-9,29H,11H2,1-2H3. The minimum atomic E-state index is -4.89. The monoisotopic (exact) mass is 432 g/mol. The Balaban J connectivity index is 2.34. The van der Waals surface area contributed by atoms with E-state index < -0.39 is 22.9 Å². The number of phenolic OH excluding ortho intramolecular Hbond substituents is 1. The highest BCUT2D eigenvalue weighted by molar-refractivity contribution is 6.32. The van der Waals surface area contributed by atoms with E-state index >= 15 is 0 Å². The first kappa shape index (κ1) is 21.5. The molecular weight excluding hydrogens is 417 g/mol. The highest BCUT2D eigenvalue weighted by atomic mass is 35.5. The van der Waals surface area contributed by atoms with Gasteiger partial charge in [0.05, 0.1) is 22.8 Å². The van der Waals surface area contributed by atoms with E-state index in [2.05, 4.69) is 0 Å². The van der Waals surface area contributed by atoms with E-state index in [1.54, 1.807) is 6.07 Å². The number of hydrogen-bond acceptors (Lipinski definition) is 3. The van der Waals surface area contributed by atoms with Crippen molar-refractivity contribution in [2.45, 2.75) is 26.6 Å². The minimum absolute atomic E-state index is 0.0361. The first-order valence-electron chi connectivity index (χ1n) is 8.83. The Labute approximate surface area is 175 Å². The first-order valence-corrected chi connectivity index (χ1v) is 9.21. The largest absolute Gasteiger partial charge is 0.506 e. The number of aromatic hydroxyl groups is 1. The Morgan fingerprint density at radius 1 is 1.13 bits per heavy atom. The maximum atomic E-state index is 13.6. The summed E-state index contributed by atoms with van der Waals surface area (Å²) >= 11 is 5.93. The van der Waals surface area contributed by atoms with Gasteiger partial charge in [-0.1, -0.05) is 35.4 Å². The molecule has 3 rings (SSSR count). The second-order valence-corrected chi connectivity index (χ2v) is 7.32. The van der Waals surface area contributed by atoms with Crippen molar-refractivity contribution in [3.63, 3.8) is 0 Å². The Kier molecular flexibility index (Phi) is 5.64. The fourth-order valence-corrected chi connectivity index (χ4v) is 3.41. The van der Waals surface area contributed by atoms with Crippen LogP contribution in [-0.2, 0) is 12.7 Å². The van der Waals surface area contributed by atoms with E-state index in [0.717, 1.165) is 27.3 Å². The molecule has 0 saturated heterocycles. The average molecular weight is 433 g/mol. The lowest BCUT2D eigenvalue weighted by molar-refractivity contribution is -0.137. The molecule has 0 spiro atoms. The zero-order chi connectivity index (χ0) is 22.2. The third-order valence-corrected chi connectivity index (χ3v) is 5.09. The fraction of sp³-hybridized carbons (Fsp3) is 0.182. The summed E-state index contributed by atoms with van der Waals surface area (Å²) in [5.41, 5.74) is -0.618. The second kappa shape index (κ2) is 7.88. The number of hydrogen-bond donors (Lipinski definition) is 1. The summed E-state index contributed by atoms with van der Waals surface area (Å²) in [5.74, 6) is -0.242. The molecule has 4 nitrogen and oxygen atoms in total. The molecule has 0 fully saturated rings. The van der Waals surface area contributed by atoms with Gasteiger partial charge in [-0.3, -0.25) is 4.79 Å². The van der Waals surface area contributed by atoms with Crippen LogP contribution in [0.4, 0.5) is 13.2 Å². The van der Waals surface area contributed by atoms with Gasteiger partial charge in [-0.2, -0.15) is 18.4 Å². The number of aryl methyl sites for hydroxylation is 2. The summed E-state index contributed by atoms with van der Waals surface area (Å²) in [7, 11) is 0. The number of pyridine rings is 1. The SMILES string of the molecule is Cc1ccc(Cn2c(-c3ccc(O)c(Cl)c3)cc(C(F)(F)F)c(C#N)c2=O)c(C)c1. The lowest BCUT2D eigenvalue weighted by Crippen LogP contribution is -2.29. The summed E-state index contributed by atoms with van der Waals surface area (Å²) in [6.45, 7) is 3.70. The highest BCUT2D eigenvalue weighted by Crippen LogP contribution is 2.35. The number of aromatic nitrogens is 1. The average Bonchev–Trinajstić information content (AvgIpc) is 2.66. The van der Waals surface area contributed by atoms with E-state index in [4.69, 9.17) is 11.6 Å². The summed E-state index contributed by atoms with van der Waals surface area (Å²) in [6.07, 6.45) is -4.89. The van der Waals surface area contributed by atoms with E-state index in [0.29, 0.717) is 0 Å². The summed E-state index contributed by atoms with van der Waals surface area (Å²) in [6, 6.07) is 11.6. The zero-order valence-electron chi connectivity index (χ0n) is 16.0. The molecule has 30 heavy (non-hydrogen) atoms. The lowest BCUT2D eigenvalue weighted by Gasteiger charge is -2.19. The summed E-state index contributed by atoms with van der Waals surface area (Å²) < 4.78 is 41.8. The number of phenols is 1. The van der Waals surface area contributed by atoms with E-state index in [-0.39, 0.29) is 28.6 Å². The van der Waals surface area contributed by atoms with E-state index in [9.17, 15) is 28.3 Å². The molecule has 0 bridgehead atoms. The molecule has 0 amide bonds. The van der Waals surface area contributed by atoms with Crippen LogP contribution in [0.3, 0.4) is 0 Å². The number of halogens is 4. The third-order valence-electron chi connectivity index (χ3n) is 4.79. The molecule has 154 valence electrons. The molecule has 8 heteroatoms. The summed E-state index contributed by atoms with van der Waals surface area (Å²) in [5, 5.41) is 18.8. The topological polar surface area (TPSA) is 66.0 Å². The molecule has 0 unspecified atom stereocenters. The fourth-order valence-electron chi connectivity index (χ4n) is 3.23. The van der Waals surface area contributed by atoms with Gasteiger partial charge in [-0.05, 0) is 49.2 Å². The van der Waals surface area contributed by atoms with Crippen LogP contribution in [0.25, 0.3) is 11.3 Å². The predicted molar refractivity (Wildman–Crippen MR) is 108 cm³/mol. The van der Waals surface area contributed by atoms with Crippen LogP contribution < -0.4 is 5.56 Å². The van der Waals surface area contributed by atoms with Gasteiger partial charge in [0.15, 0.2) is 0 Å². The maximum Gasteiger partial charge on any atom is 0.417 e. The van der Waals surface area contributed by atoms with Crippen LogP contribution in [-0.4, -0.2) is 9.67 Å². The Morgan fingerprint density at radius 3 is 2.40 bits per heavy atom. The molecule has 0 aliphatic carbocycles. The zero-order valence-corrected chi connectivity index (χ0v) is 16.8. The van der Waals surface area contributed by atoms with Crippen LogP contribution in [0.15, 0.2) is 47.3 Å². The van der Waals surface area contributed by atoms with Crippen LogP contribution in [0, 0.1) is 25.2 Å². The minimum Gasteiger partial charge on any atom is -0.506 e. The van der Waals surface area contributed by atoms with Crippen LogP contribution >= 0.6 is 11.6 Å². The maximum absolute atomic E-state index is 13.6. The van der Waals surface area contributed by atoms with Crippen molar-refractivity contribution in [1.82, 2.24) is 4.57 Å². The molecule has 0 saturated carbocycles. The molecular formula is C22H16ClF3N2O2.